The zero-order valence-electron chi connectivity index (χ0n) is 12.8. The standard InChI is InChI=1S/C17H17FN2OS/c1-10(2)8-20-9-19-16-15(17(20)21)14(11(3)22-16)12-4-6-13(18)7-5-12/h4-7,9-10H,8H2,1-3H3. The van der Waals surface area contributed by atoms with Crippen LogP contribution >= 0.6 is 11.3 Å². The topological polar surface area (TPSA) is 34.9 Å². The number of halogens is 1. The molecular formula is C17H17FN2OS. The van der Waals surface area contributed by atoms with Crippen LogP contribution in [-0.4, -0.2) is 9.55 Å². The molecule has 0 saturated heterocycles. The summed E-state index contributed by atoms with van der Waals surface area (Å²) in [7, 11) is 0. The molecule has 2 aromatic heterocycles. The van der Waals surface area contributed by atoms with Crippen molar-refractivity contribution in [3.05, 3.63) is 51.6 Å². The Morgan fingerprint density at radius 1 is 1.27 bits per heavy atom. The summed E-state index contributed by atoms with van der Waals surface area (Å²) in [5.41, 5.74) is 1.70. The third-order valence-corrected chi connectivity index (χ3v) is 4.56. The maximum atomic E-state index is 13.2. The molecule has 5 heteroatoms. The van der Waals surface area contributed by atoms with E-state index >= 15 is 0 Å². The number of benzene rings is 1. The molecule has 0 amide bonds. The maximum Gasteiger partial charge on any atom is 0.262 e. The normalized spacial score (nSPS) is 11.5. The molecule has 3 nitrogen and oxygen atoms in total. The van der Waals surface area contributed by atoms with Crippen molar-refractivity contribution in [2.45, 2.75) is 27.3 Å². The van der Waals surface area contributed by atoms with Crippen LogP contribution in [0.15, 0.2) is 35.4 Å². The van der Waals surface area contributed by atoms with Crippen molar-refractivity contribution >= 4 is 21.6 Å². The molecule has 0 radical (unpaired) electrons. The third kappa shape index (κ3) is 2.57. The molecule has 0 fully saturated rings. The first-order valence-electron chi connectivity index (χ1n) is 7.22. The molecule has 114 valence electrons. The van der Waals surface area contributed by atoms with Crippen molar-refractivity contribution in [1.82, 2.24) is 9.55 Å². The number of hydrogen-bond acceptors (Lipinski definition) is 3. The lowest BCUT2D eigenvalue weighted by atomic mass is 10.0. The van der Waals surface area contributed by atoms with Crippen molar-refractivity contribution in [3.63, 3.8) is 0 Å². The van der Waals surface area contributed by atoms with E-state index in [0.29, 0.717) is 17.8 Å². The van der Waals surface area contributed by atoms with Gasteiger partial charge in [0.2, 0.25) is 0 Å². The average molecular weight is 316 g/mol. The van der Waals surface area contributed by atoms with Crippen LogP contribution in [0.2, 0.25) is 0 Å². The zero-order chi connectivity index (χ0) is 15.9. The lowest BCUT2D eigenvalue weighted by molar-refractivity contribution is 0.508. The number of aromatic nitrogens is 2. The Kier molecular flexibility index (Phi) is 3.83. The van der Waals surface area contributed by atoms with Gasteiger partial charge in [-0.2, -0.15) is 0 Å². The molecule has 0 N–H and O–H groups in total. The van der Waals surface area contributed by atoms with Gasteiger partial charge in [0.1, 0.15) is 10.6 Å². The summed E-state index contributed by atoms with van der Waals surface area (Å²) >= 11 is 1.50. The summed E-state index contributed by atoms with van der Waals surface area (Å²) in [5, 5.41) is 0.636. The Labute approximate surface area is 132 Å². The smallest absolute Gasteiger partial charge is 0.262 e. The van der Waals surface area contributed by atoms with Crippen LogP contribution in [0.3, 0.4) is 0 Å². The molecule has 0 atom stereocenters. The highest BCUT2D eigenvalue weighted by atomic mass is 32.1. The van der Waals surface area contributed by atoms with E-state index in [-0.39, 0.29) is 11.4 Å². The first-order chi connectivity index (χ1) is 10.5. The molecule has 0 bridgehead atoms. The molecule has 0 aliphatic heterocycles. The average Bonchev–Trinajstić information content (AvgIpc) is 2.80. The second-order valence-corrected chi connectivity index (χ2v) is 7.02. The quantitative estimate of drug-likeness (QED) is 0.725. The molecule has 22 heavy (non-hydrogen) atoms. The SMILES string of the molecule is Cc1sc2ncn(CC(C)C)c(=O)c2c1-c1ccc(F)cc1. The fraction of sp³-hybridized carbons (Fsp3) is 0.294. The van der Waals surface area contributed by atoms with Gasteiger partial charge in [-0.25, -0.2) is 9.37 Å². The van der Waals surface area contributed by atoms with Crippen LogP contribution in [0.25, 0.3) is 21.3 Å². The molecule has 2 heterocycles. The zero-order valence-corrected chi connectivity index (χ0v) is 13.6. The van der Waals surface area contributed by atoms with Crippen molar-refractivity contribution in [1.29, 1.82) is 0 Å². The van der Waals surface area contributed by atoms with E-state index in [0.717, 1.165) is 20.8 Å². The third-order valence-electron chi connectivity index (χ3n) is 3.55. The summed E-state index contributed by atoms with van der Waals surface area (Å²) in [5.74, 6) is 0.0854. The fourth-order valence-corrected chi connectivity index (χ4v) is 3.63. The highest BCUT2D eigenvalue weighted by Gasteiger charge is 2.17. The van der Waals surface area contributed by atoms with Crippen LogP contribution in [0, 0.1) is 18.7 Å². The number of rotatable bonds is 3. The van der Waals surface area contributed by atoms with Crippen LogP contribution in [0.5, 0.6) is 0 Å². The van der Waals surface area contributed by atoms with E-state index in [9.17, 15) is 9.18 Å². The highest BCUT2D eigenvalue weighted by Crippen LogP contribution is 2.35. The van der Waals surface area contributed by atoms with Gasteiger partial charge in [-0.05, 0) is 30.5 Å². The van der Waals surface area contributed by atoms with Gasteiger partial charge in [0.05, 0.1) is 11.7 Å². The Balaban J connectivity index is 2.27. The van der Waals surface area contributed by atoms with E-state index in [1.807, 2.05) is 6.92 Å². The Bertz CT molecular complexity index is 878. The van der Waals surface area contributed by atoms with Gasteiger partial charge in [-0.1, -0.05) is 26.0 Å². The van der Waals surface area contributed by atoms with Crippen molar-refractivity contribution in [3.8, 4) is 11.1 Å². The first kappa shape index (κ1) is 14.9. The van der Waals surface area contributed by atoms with Crippen LogP contribution in [0.4, 0.5) is 4.39 Å². The Hall–Kier alpha value is -2.01. The summed E-state index contributed by atoms with van der Waals surface area (Å²) in [6, 6.07) is 6.26. The first-order valence-corrected chi connectivity index (χ1v) is 8.03. The molecule has 0 aliphatic carbocycles. The van der Waals surface area contributed by atoms with Gasteiger partial charge in [0.25, 0.3) is 5.56 Å². The molecule has 3 aromatic rings. The van der Waals surface area contributed by atoms with E-state index in [2.05, 4.69) is 18.8 Å². The van der Waals surface area contributed by atoms with Gasteiger partial charge in [0.15, 0.2) is 0 Å². The van der Waals surface area contributed by atoms with Crippen LogP contribution < -0.4 is 5.56 Å². The van der Waals surface area contributed by atoms with Crippen molar-refractivity contribution < 1.29 is 4.39 Å². The summed E-state index contributed by atoms with van der Waals surface area (Å²) < 4.78 is 14.8. The molecule has 3 rings (SSSR count). The Morgan fingerprint density at radius 2 is 1.95 bits per heavy atom. The molecule has 0 saturated carbocycles. The summed E-state index contributed by atoms with van der Waals surface area (Å²) in [6.07, 6.45) is 1.62. The number of fused-ring (bicyclic) bond motifs is 1. The number of thiophene rings is 1. The Morgan fingerprint density at radius 3 is 2.59 bits per heavy atom. The predicted octanol–water partition coefficient (Wildman–Crippen LogP) is 4.23. The monoisotopic (exact) mass is 316 g/mol. The van der Waals surface area contributed by atoms with Gasteiger partial charge in [-0.15, -0.1) is 11.3 Å². The van der Waals surface area contributed by atoms with Crippen LogP contribution in [0.1, 0.15) is 18.7 Å². The predicted molar refractivity (Wildman–Crippen MR) is 88.8 cm³/mol. The minimum absolute atomic E-state index is 0.0256. The molecule has 0 aliphatic rings. The van der Waals surface area contributed by atoms with E-state index in [4.69, 9.17) is 0 Å². The molecular weight excluding hydrogens is 299 g/mol. The second-order valence-electron chi connectivity index (χ2n) is 5.82. The number of nitrogens with zero attached hydrogens (tertiary/aromatic N) is 2. The maximum absolute atomic E-state index is 13.2. The van der Waals surface area contributed by atoms with E-state index in [1.54, 1.807) is 23.0 Å². The lowest BCUT2D eigenvalue weighted by Gasteiger charge is -2.08. The fourth-order valence-electron chi connectivity index (χ4n) is 2.63. The minimum atomic E-state index is -0.281. The van der Waals surface area contributed by atoms with Gasteiger partial charge < -0.3 is 0 Å². The molecule has 1 aromatic carbocycles. The van der Waals surface area contributed by atoms with E-state index in [1.165, 1.54) is 23.5 Å². The number of aryl methyl sites for hydroxylation is 1. The van der Waals surface area contributed by atoms with E-state index < -0.39 is 0 Å². The summed E-state index contributed by atoms with van der Waals surface area (Å²) in [6.45, 7) is 6.74. The summed E-state index contributed by atoms with van der Waals surface area (Å²) in [4.78, 5) is 19.0. The van der Waals surface area contributed by atoms with Crippen molar-refractivity contribution in [2.75, 3.05) is 0 Å². The lowest BCUT2D eigenvalue weighted by Crippen LogP contribution is -2.22. The highest BCUT2D eigenvalue weighted by molar-refractivity contribution is 7.19. The van der Waals surface area contributed by atoms with Gasteiger partial charge in [-0.3, -0.25) is 9.36 Å². The van der Waals surface area contributed by atoms with Crippen molar-refractivity contribution in [2.24, 2.45) is 5.92 Å². The van der Waals surface area contributed by atoms with Gasteiger partial charge in [0, 0.05) is 17.0 Å². The van der Waals surface area contributed by atoms with Crippen LogP contribution in [-0.2, 0) is 6.54 Å². The van der Waals surface area contributed by atoms with Gasteiger partial charge >= 0.3 is 0 Å². The molecule has 0 unspecified atom stereocenters. The second kappa shape index (κ2) is 5.65. The largest absolute Gasteiger partial charge is 0.298 e. The number of hydrogen-bond donors (Lipinski definition) is 0. The molecule has 0 spiro atoms. The minimum Gasteiger partial charge on any atom is -0.298 e.